The van der Waals surface area contributed by atoms with Gasteiger partial charge < -0.3 is 15.6 Å². The number of hydrogen-bond acceptors (Lipinski definition) is 5. The van der Waals surface area contributed by atoms with Crippen LogP contribution in [0.5, 0.6) is 0 Å². The van der Waals surface area contributed by atoms with E-state index in [1.54, 1.807) is 0 Å². The standard InChI is InChI=1S/C12H23N5O3S.HI/c1-10(2)3-5-14-12(13)15-6-7-16-21(18,19)9-11-4-8-20-17-11;/h4,8,10,16H,3,5-7,9H2,1-2H3,(H3,13,14,15);1H. The molecular formula is C12H24IN5O3S. The van der Waals surface area contributed by atoms with E-state index in [4.69, 9.17) is 5.73 Å². The fourth-order valence-corrected chi connectivity index (χ4v) is 2.51. The summed E-state index contributed by atoms with van der Waals surface area (Å²) in [5, 5.41) is 6.41. The Hall–Kier alpha value is -0.880. The van der Waals surface area contributed by atoms with E-state index in [0.29, 0.717) is 30.7 Å². The largest absolute Gasteiger partial charge is 0.370 e. The SMILES string of the molecule is CC(C)CCN=C(N)NCCNS(=O)(=O)Cc1ccon1.I. The molecule has 1 aromatic heterocycles. The summed E-state index contributed by atoms with van der Waals surface area (Å²) in [6, 6.07) is 1.51. The number of sulfonamides is 1. The molecule has 0 aliphatic heterocycles. The number of rotatable bonds is 9. The number of halogens is 1. The van der Waals surface area contributed by atoms with Crippen molar-refractivity contribution >= 4 is 40.0 Å². The van der Waals surface area contributed by atoms with Crippen LogP contribution in [-0.4, -0.2) is 39.2 Å². The van der Waals surface area contributed by atoms with E-state index < -0.39 is 10.0 Å². The number of aliphatic imine (C=N–C) groups is 1. The van der Waals surface area contributed by atoms with Gasteiger partial charge in [0.1, 0.15) is 12.0 Å². The van der Waals surface area contributed by atoms with Gasteiger partial charge in [-0.05, 0) is 12.3 Å². The predicted octanol–water partition coefficient (Wildman–Crippen LogP) is 0.662. The first-order chi connectivity index (χ1) is 9.89. The Morgan fingerprint density at radius 2 is 2.18 bits per heavy atom. The minimum absolute atomic E-state index is 0. The van der Waals surface area contributed by atoms with Gasteiger partial charge in [-0.15, -0.1) is 24.0 Å². The van der Waals surface area contributed by atoms with Crippen LogP contribution in [0.15, 0.2) is 21.8 Å². The highest BCUT2D eigenvalue weighted by Gasteiger charge is 2.12. The summed E-state index contributed by atoms with van der Waals surface area (Å²) in [5.74, 6) is 0.692. The first-order valence-corrected chi connectivity index (χ1v) is 8.44. The van der Waals surface area contributed by atoms with Crippen molar-refractivity contribution in [3.05, 3.63) is 18.0 Å². The van der Waals surface area contributed by atoms with Crippen LogP contribution in [0.2, 0.25) is 0 Å². The molecule has 1 heterocycles. The monoisotopic (exact) mass is 445 g/mol. The average molecular weight is 445 g/mol. The molecule has 1 rings (SSSR count). The van der Waals surface area contributed by atoms with Crippen LogP contribution in [0.3, 0.4) is 0 Å². The molecule has 0 aromatic carbocycles. The molecule has 0 amide bonds. The van der Waals surface area contributed by atoms with Crippen LogP contribution < -0.4 is 15.8 Å². The van der Waals surface area contributed by atoms with Gasteiger partial charge in [0.05, 0.1) is 5.69 Å². The van der Waals surface area contributed by atoms with Crippen molar-refractivity contribution in [2.45, 2.75) is 26.0 Å². The molecule has 1 aromatic rings. The zero-order chi connectivity index (χ0) is 15.7. The molecule has 0 unspecified atom stereocenters. The van der Waals surface area contributed by atoms with Crippen LogP contribution in [0, 0.1) is 5.92 Å². The maximum absolute atomic E-state index is 11.7. The Morgan fingerprint density at radius 1 is 1.45 bits per heavy atom. The third kappa shape index (κ3) is 9.95. The second kappa shape index (κ2) is 10.8. The molecule has 8 nitrogen and oxygen atoms in total. The van der Waals surface area contributed by atoms with E-state index in [9.17, 15) is 8.42 Å². The number of aromatic nitrogens is 1. The fourth-order valence-electron chi connectivity index (χ4n) is 1.45. The Labute approximate surface area is 148 Å². The first-order valence-electron chi connectivity index (χ1n) is 6.79. The van der Waals surface area contributed by atoms with Crippen molar-refractivity contribution in [2.75, 3.05) is 19.6 Å². The lowest BCUT2D eigenvalue weighted by Crippen LogP contribution is -2.38. The van der Waals surface area contributed by atoms with Crippen LogP contribution in [0.4, 0.5) is 0 Å². The van der Waals surface area contributed by atoms with E-state index >= 15 is 0 Å². The van der Waals surface area contributed by atoms with Crippen molar-refractivity contribution in [3.8, 4) is 0 Å². The zero-order valence-electron chi connectivity index (χ0n) is 12.8. The van der Waals surface area contributed by atoms with Crippen molar-refractivity contribution < 1.29 is 12.9 Å². The Morgan fingerprint density at radius 3 is 2.77 bits per heavy atom. The summed E-state index contributed by atoms with van der Waals surface area (Å²) >= 11 is 0. The Bertz CT molecular complexity index is 531. The summed E-state index contributed by atoms with van der Waals surface area (Å²) in [6.45, 7) is 5.48. The van der Waals surface area contributed by atoms with Gasteiger partial charge in [0.15, 0.2) is 5.96 Å². The molecule has 0 atom stereocenters. The molecule has 4 N–H and O–H groups in total. The quantitative estimate of drug-likeness (QED) is 0.222. The maximum atomic E-state index is 11.7. The highest BCUT2D eigenvalue weighted by atomic mass is 127. The lowest BCUT2D eigenvalue weighted by Gasteiger charge is -2.08. The van der Waals surface area contributed by atoms with E-state index in [-0.39, 0.29) is 36.3 Å². The molecule has 0 aliphatic rings. The molecule has 0 saturated carbocycles. The average Bonchev–Trinajstić information content (AvgIpc) is 2.86. The van der Waals surface area contributed by atoms with E-state index in [1.807, 2.05) is 0 Å². The van der Waals surface area contributed by atoms with Gasteiger partial charge in [-0.3, -0.25) is 4.99 Å². The summed E-state index contributed by atoms with van der Waals surface area (Å²) in [6.07, 6.45) is 2.30. The molecule has 0 saturated heterocycles. The lowest BCUT2D eigenvalue weighted by molar-refractivity contribution is 0.413. The van der Waals surface area contributed by atoms with Gasteiger partial charge in [-0.1, -0.05) is 19.0 Å². The Balaban J connectivity index is 0.00000441. The van der Waals surface area contributed by atoms with Gasteiger partial charge in [-0.2, -0.15) is 0 Å². The molecule has 0 aliphatic carbocycles. The van der Waals surface area contributed by atoms with Gasteiger partial charge in [0.2, 0.25) is 10.0 Å². The maximum Gasteiger partial charge on any atom is 0.217 e. The molecule has 0 spiro atoms. The van der Waals surface area contributed by atoms with Crippen LogP contribution in [0.25, 0.3) is 0 Å². The third-order valence-corrected chi connectivity index (χ3v) is 3.89. The van der Waals surface area contributed by atoms with Crippen molar-refractivity contribution in [1.82, 2.24) is 15.2 Å². The molecular weight excluding hydrogens is 421 g/mol. The minimum atomic E-state index is -3.42. The lowest BCUT2D eigenvalue weighted by atomic mass is 10.1. The Kier molecular flexibility index (Phi) is 10.3. The summed E-state index contributed by atoms with van der Waals surface area (Å²) in [5.41, 5.74) is 6.02. The van der Waals surface area contributed by atoms with E-state index in [1.165, 1.54) is 12.3 Å². The molecule has 0 fully saturated rings. The number of nitrogens with one attached hydrogen (secondary N) is 2. The molecule has 0 radical (unpaired) electrons. The van der Waals surface area contributed by atoms with Gasteiger partial charge in [0, 0.05) is 25.7 Å². The zero-order valence-corrected chi connectivity index (χ0v) is 15.9. The van der Waals surface area contributed by atoms with Crippen molar-refractivity contribution in [1.29, 1.82) is 0 Å². The normalized spacial score (nSPS) is 12.2. The summed E-state index contributed by atoms with van der Waals surface area (Å²) < 4.78 is 30.4. The minimum Gasteiger partial charge on any atom is -0.370 e. The third-order valence-electron chi connectivity index (χ3n) is 2.57. The van der Waals surface area contributed by atoms with Crippen LogP contribution >= 0.6 is 24.0 Å². The van der Waals surface area contributed by atoms with Crippen molar-refractivity contribution in [2.24, 2.45) is 16.6 Å². The fraction of sp³-hybridized carbons (Fsp3) is 0.667. The number of nitrogens with two attached hydrogens (primary N) is 1. The first kappa shape index (κ1) is 21.1. The highest BCUT2D eigenvalue weighted by Crippen LogP contribution is 2.00. The molecule has 0 bridgehead atoms. The molecule has 22 heavy (non-hydrogen) atoms. The van der Waals surface area contributed by atoms with Gasteiger partial charge >= 0.3 is 0 Å². The van der Waals surface area contributed by atoms with Crippen molar-refractivity contribution in [3.63, 3.8) is 0 Å². The van der Waals surface area contributed by atoms with E-state index in [0.717, 1.165) is 6.42 Å². The summed E-state index contributed by atoms with van der Waals surface area (Å²) in [4.78, 5) is 4.14. The topological polar surface area (TPSA) is 123 Å². The second-order valence-electron chi connectivity index (χ2n) is 5.02. The molecule has 10 heteroatoms. The number of nitrogens with zero attached hydrogens (tertiary/aromatic N) is 2. The van der Waals surface area contributed by atoms with Gasteiger partial charge in [-0.25, -0.2) is 13.1 Å². The predicted molar refractivity (Wildman–Crippen MR) is 96.5 cm³/mol. The smallest absolute Gasteiger partial charge is 0.217 e. The van der Waals surface area contributed by atoms with E-state index in [2.05, 4.69) is 38.6 Å². The highest BCUT2D eigenvalue weighted by molar-refractivity contribution is 14.0. The van der Waals surface area contributed by atoms with Gasteiger partial charge in [0.25, 0.3) is 0 Å². The van der Waals surface area contributed by atoms with Crippen LogP contribution in [-0.2, 0) is 15.8 Å². The number of guanidine groups is 1. The number of hydrogen-bond donors (Lipinski definition) is 3. The molecule has 128 valence electrons. The summed E-state index contributed by atoms with van der Waals surface area (Å²) in [7, 11) is -3.42. The second-order valence-corrected chi connectivity index (χ2v) is 6.83. The van der Waals surface area contributed by atoms with Crippen LogP contribution in [0.1, 0.15) is 26.0 Å².